The zero-order valence-corrected chi connectivity index (χ0v) is 12.9. The topological polar surface area (TPSA) is 74.1 Å². The molecule has 2 saturated heterocycles. The maximum absolute atomic E-state index is 14.5. The summed E-state index contributed by atoms with van der Waals surface area (Å²) in [6.45, 7) is 4.53. The van der Waals surface area contributed by atoms with Crippen molar-refractivity contribution in [3.63, 3.8) is 0 Å². The zero-order valence-electron chi connectivity index (χ0n) is 12.9. The standard InChI is InChI=1S/C15H19FN2O5/c1-15(22-6-7-23-15)10-11-8-14(18(19)20)13(9-12(11)16)17-2-4-21-5-3-17/h8-9H,2-7,10H2,1H3. The maximum atomic E-state index is 14.5. The van der Waals surface area contributed by atoms with Gasteiger partial charge in [-0.25, -0.2) is 4.39 Å². The van der Waals surface area contributed by atoms with E-state index in [1.54, 1.807) is 11.8 Å². The van der Waals surface area contributed by atoms with Gasteiger partial charge in [0.2, 0.25) is 0 Å². The highest BCUT2D eigenvalue weighted by Crippen LogP contribution is 2.34. The largest absolute Gasteiger partial charge is 0.378 e. The second-order valence-corrected chi connectivity index (χ2v) is 5.80. The number of anilines is 1. The van der Waals surface area contributed by atoms with Crippen molar-refractivity contribution in [2.24, 2.45) is 0 Å². The first-order valence-corrected chi connectivity index (χ1v) is 7.56. The van der Waals surface area contributed by atoms with Crippen molar-refractivity contribution in [2.45, 2.75) is 19.1 Å². The molecule has 0 aromatic heterocycles. The molecule has 2 aliphatic rings. The van der Waals surface area contributed by atoms with Crippen LogP contribution >= 0.6 is 0 Å². The normalized spacial score (nSPS) is 20.7. The first-order valence-electron chi connectivity index (χ1n) is 7.56. The van der Waals surface area contributed by atoms with E-state index < -0.39 is 16.5 Å². The Kier molecular flexibility index (Phi) is 4.47. The molecule has 2 heterocycles. The smallest absolute Gasteiger partial charge is 0.293 e. The lowest BCUT2D eigenvalue weighted by Gasteiger charge is -2.29. The molecule has 2 aliphatic heterocycles. The summed E-state index contributed by atoms with van der Waals surface area (Å²) in [7, 11) is 0. The number of halogens is 1. The van der Waals surface area contributed by atoms with Crippen LogP contribution in [0.2, 0.25) is 0 Å². The molecule has 2 fully saturated rings. The predicted molar refractivity (Wildman–Crippen MR) is 80.1 cm³/mol. The second-order valence-electron chi connectivity index (χ2n) is 5.80. The molecule has 23 heavy (non-hydrogen) atoms. The van der Waals surface area contributed by atoms with Crippen LogP contribution in [0.3, 0.4) is 0 Å². The number of ether oxygens (including phenoxy) is 3. The fourth-order valence-corrected chi connectivity index (χ4v) is 2.94. The highest BCUT2D eigenvalue weighted by atomic mass is 19.1. The molecule has 3 rings (SSSR count). The van der Waals surface area contributed by atoms with Gasteiger partial charge in [0, 0.05) is 37.2 Å². The lowest BCUT2D eigenvalue weighted by atomic mass is 10.0. The van der Waals surface area contributed by atoms with Crippen LogP contribution in [0, 0.1) is 15.9 Å². The lowest BCUT2D eigenvalue weighted by molar-refractivity contribution is -0.384. The number of benzene rings is 1. The summed E-state index contributed by atoms with van der Waals surface area (Å²) in [4.78, 5) is 12.7. The minimum atomic E-state index is -0.935. The first-order chi connectivity index (χ1) is 11.0. The van der Waals surface area contributed by atoms with Crippen LogP contribution in [0.15, 0.2) is 12.1 Å². The predicted octanol–water partition coefficient (Wildman–Crippen LogP) is 1.88. The van der Waals surface area contributed by atoms with Gasteiger partial charge in [-0.2, -0.15) is 0 Å². The Bertz CT molecular complexity index is 598. The van der Waals surface area contributed by atoms with Crippen LogP contribution in [0.5, 0.6) is 0 Å². The SMILES string of the molecule is CC1(Cc2cc([N+](=O)[O-])c(N3CCOCC3)cc2F)OCCO1. The molecule has 7 nitrogen and oxygen atoms in total. The van der Waals surface area contributed by atoms with E-state index in [1.807, 2.05) is 0 Å². The molecule has 8 heteroatoms. The van der Waals surface area contributed by atoms with Crippen LogP contribution < -0.4 is 4.90 Å². The summed E-state index contributed by atoms with van der Waals surface area (Å²) in [5, 5.41) is 11.4. The molecule has 0 amide bonds. The Hall–Kier alpha value is -1.77. The molecule has 1 aromatic carbocycles. The number of nitro groups is 1. The monoisotopic (exact) mass is 326 g/mol. The third kappa shape index (κ3) is 3.44. The van der Waals surface area contributed by atoms with Gasteiger partial charge < -0.3 is 19.1 Å². The van der Waals surface area contributed by atoms with Gasteiger partial charge in [-0.05, 0) is 6.92 Å². The molecule has 0 radical (unpaired) electrons. The van der Waals surface area contributed by atoms with Gasteiger partial charge in [-0.15, -0.1) is 0 Å². The third-order valence-corrected chi connectivity index (χ3v) is 4.10. The number of nitro benzene ring substituents is 1. The van der Waals surface area contributed by atoms with E-state index in [2.05, 4.69) is 0 Å². The van der Waals surface area contributed by atoms with Crippen molar-refractivity contribution >= 4 is 11.4 Å². The van der Waals surface area contributed by atoms with Crippen molar-refractivity contribution in [1.29, 1.82) is 0 Å². The van der Waals surface area contributed by atoms with Crippen LogP contribution in [0.4, 0.5) is 15.8 Å². The highest BCUT2D eigenvalue weighted by molar-refractivity contribution is 5.65. The summed E-state index contributed by atoms with van der Waals surface area (Å²) in [6.07, 6.45) is 0.128. The summed E-state index contributed by atoms with van der Waals surface area (Å²) >= 11 is 0. The summed E-state index contributed by atoms with van der Waals surface area (Å²) in [6, 6.07) is 2.52. The highest BCUT2D eigenvalue weighted by Gasteiger charge is 2.34. The second kappa shape index (κ2) is 6.38. The number of nitrogens with zero attached hydrogens (tertiary/aromatic N) is 2. The fourth-order valence-electron chi connectivity index (χ4n) is 2.94. The van der Waals surface area contributed by atoms with Gasteiger partial charge in [-0.3, -0.25) is 10.1 Å². The lowest BCUT2D eigenvalue weighted by Crippen LogP contribution is -2.36. The molecule has 0 spiro atoms. The van der Waals surface area contributed by atoms with E-state index in [-0.39, 0.29) is 23.4 Å². The third-order valence-electron chi connectivity index (χ3n) is 4.10. The van der Waals surface area contributed by atoms with Crippen LogP contribution in [-0.2, 0) is 20.6 Å². The van der Waals surface area contributed by atoms with E-state index in [0.717, 1.165) is 0 Å². The van der Waals surface area contributed by atoms with Gasteiger partial charge in [0.05, 0.1) is 31.4 Å². The molecule has 0 saturated carbocycles. The first kappa shape index (κ1) is 16.1. The number of hydrogen-bond acceptors (Lipinski definition) is 6. The van der Waals surface area contributed by atoms with Crippen molar-refractivity contribution in [3.8, 4) is 0 Å². The van der Waals surface area contributed by atoms with Crippen LogP contribution in [0.25, 0.3) is 0 Å². The van der Waals surface area contributed by atoms with E-state index in [0.29, 0.717) is 39.5 Å². The van der Waals surface area contributed by atoms with Gasteiger partial charge in [0.15, 0.2) is 5.79 Å². The average Bonchev–Trinajstić information content (AvgIpc) is 2.96. The Labute approximate surface area is 133 Å². The van der Waals surface area contributed by atoms with Gasteiger partial charge in [-0.1, -0.05) is 0 Å². The molecule has 0 atom stereocenters. The van der Waals surface area contributed by atoms with Crippen molar-refractivity contribution in [3.05, 3.63) is 33.6 Å². The molecule has 126 valence electrons. The Balaban J connectivity index is 1.92. The minimum absolute atomic E-state index is 0.107. The fraction of sp³-hybridized carbons (Fsp3) is 0.600. The maximum Gasteiger partial charge on any atom is 0.293 e. The van der Waals surface area contributed by atoms with E-state index in [9.17, 15) is 14.5 Å². The van der Waals surface area contributed by atoms with Crippen molar-refractivity contribution < 1.29 is 23.5 Å². The van der Waals surface area contributed by atoms with E-state index >= 15 is 0 Å². The summed E-state index contributed by atoms with van der Waals surface area (Å²) in [5.74, 6) is -1.42. The Morgan fingerprint density at radius 3 is 2.52 bits per heavy atom. The van der Waals surface area contributed by atoms with Gasteiger partial charge in [0.25, 0.3) is 5.69 Å². The molecule has 0 aliphatic carbocycles. The summed E-state index contributed by atoms with van der Waals surface area (Å²) < 4.78 is 30.6. The van der Waals surface area contributed by atoms with Gasteiger partial charge in [0.1, 0.15) is 11.5 Å². The van der Waals surface area contributed by atoms with Crippen molar-refractivity contribution in [2.75, 3.05) is 44.4 Å². The van der Waals surface area contributed by atoms with E-state index in [1.165, 1.54) is 12.1 Å². The number of rotatable bonds is 4. The van der Waals surface area contributed by atoms with E-state index in [4.69, 9.17) is 14.2 Å². The molecular weight excluding hydrogens is 307 g/mol. The Morgan fingerprint density at radius 1 is 1.26 bits per heavy atom. The molecule has 1 aromatic rings. The van der Waals surface area contributed by atoms with Crippen LogP contribution in [0.1, 0.15) is 12.5 Å². The van der Waals surface area contributed by atoms with Gasteiger partial charge >= 0.3 is 0 Å². The zero-order chi connectivity index (χ0) is 16.4. The van der Waals surface area contributed by atoms with Crippen molar-refractivity contribution in [1.82, 2.24) is 0 Å². The number of hydrogen-bond donors (Lipinski definition) is 0. The molecule has 0 bridgehead atoms. The molecular formula is C15H19FN2O5. The summed E-state index contributed by atoms with van der Waals surface area (Å²) in [5.41, 5.74) is 0.404. The minimum Gasteiger partial charge on any atom is -0.378 e. The molecule has 0 unspecified atom stereocenters. The molecule has 0 N–H and O–H groups in total. The average molecular weight is 326 g/mol. The number of morpholine rings is 1. The quantitative estimate of drug-likeness (QED) is 0.621. The van der Waals surface area contributed by atoms with Crippen LogP contribution in [-0.4, -0.2) is 50.2 Å². The Morgan fingerprint density at radius 2 is 1.91 bits per heavy atom.